The predicted molar refractivity (Wildman–Crippen MR) is 59.7 cm³/mol. The average molecular weight is 370 g/mol. The fourth-order valence-corrected chi connectivity index (χ4v) is 1.22. The number of halogens is 5. The summed E-state index contributed by atoms with van der Waals surface area (Å²) >= 11 is 0. The smallest absolute Gasteiger partial charge is 0.466 e. The number of carbonyl (C=O) groups excluding carboxylic acids is 2. The highest BCUT2D eigenvalue weighted by atomic mass is 32.2. The Morgan fingerprint density at radius 2 is 1.74 bits per heavy atom. The van der Waals surface area contributed by atoms with E-state index in [2.05, 4.69) is 16.1 Å². The Balaban J connectivity index is 5.90. The van der Waals surface area contributed by atoms with E-state index in [-0.39, 0.29) is 6.08 Å². The van der Waals surface area contributed by atoms with E-state index in [4.69, 9.17) is 0 Å². The zero-order valence-electron chi connectivity index (χ0n) is 11.1. The molecule has 134 valence electrons. The maximum absolute atomic E-state index is 13.0. The molecule has 0 heterocycles. The van der Waals surface area contributed by atoms with Crippen molar-refractivity contribution in [2.24, 2.45) is 0 Å². The molecule has 0 aliphatic carbocycles. The van der Waals surface area contributed by atoms with Crippen molar-refractivity contribution in [3.8, 4) is 0 Å². The van der Waals surface area contributed by atoms with Crippen molar-refractivity contribution in [1.29, 1.82) is 0 Å². The van der Waals surface area contributed by atoms with Crippen molar-refractivity contribution in [3.05, 3.63) is 12.7 Å². The fourth-order valence-electron chi connectivity index (χ4n) is 1.02. The maximum Gasteiger partial charge on any atom is 0.466 e. The first kappa shape index (κ1) is 21.2. The third kappa shape index (κ3) is 4.59. The van der Waals surface area contributed by atoms with Crippen molar-refractivity contribution >= 4 is 22.0 Å². The molecule has 0 aromatic carbocycles. The molecule has 1 amide bonds. The van der Waals surface area contributed by atoms with E-state index in [0.717, 1.165) is 0 Å². The molecule has 14 heteroatoms. The van der Waals surface area contributed by atoms with E-state index in [0.29, 0.717) is 7.05 Å². The van der Waals surface area contributed by atoms with Crippen LogP contribution in [0.2, 0.25) is 0 Å². The molecule has 8 nitrogen and oxygen atoms in total. The molecule has 0 rings (SSSR count). The Morgan fingerprint density at radius 3 is 2.04 bits per heavy atom. The van der Waals surface area contributed by atoms with Crippen molar-refractivity contribution < 1.29 is 54.0 Å². The van der Waals surface area contributed by atoms with Crippen LogP contribution in [0.5, 0.6) is 0 Å². The summed E-state index contributed by atoms with van der Waals surface area (Å²) in [4.78, 5) is 22.3. The van der Waals surface area contributed by atoms with Gasteiger partial charge in [-0.25, -0.2) is 13.2 Å². The van der Waals surface area contributed by atoms with Crippen LogP contribution < -0.4 is 5.32 Å². The van der Waals surface area contributed by atoms with Crippen LogP contribution in [0.4, 0.5) is 22.0 Å². The first-order valence-electron chi connectivity index (χ1n) is 5.26. The van der Waals surface area contributed by atoms with Crippen molar-refractivity contribution in [2.75, 3.05) is 13.7 Å². The van der Waals surface area contributed by atoms with E-state index in [1.165, 1.54) is 5.32 Å². The Labute approximate surface area is 126 Å². The second-order valence-electron chi connectivity index (χ2n) is 3.70. The van der Waals surface area contributed by atoms with Gasteiger partial charge in [0.05, 0.1) is 0 Å². The molecule has 1 N–H and O–H groups in total. The summed E-state index contributed by atoms with van der Waals surface area (Å²) in [7, 11) is -5.78. The van der Waals surface area contributed by atoms with Gasteiger partial charge in [-0.1, -0.05) is 6.58 Å². The minimum atomic E-state index is -6.40. The zero-order chi connectivity index (χ0) is 18.7. The quantitative estimate of drug-likeness (QED) is 0.218. The molecule has 0 saturated heterocycles. The van der Waals surface area contributed by atoms with E-state index in [1.54, 1.807) is 0 Å². The number of amides is 1. The van der Waals surface area contributed by atoms with Crippen molar-refractivity contribution in [1.82, 2.24) is 5.32 Å². The van der Waals surface area contributed by atoms with Crippen LogP contribution in [0.3, 0.4) is 0 Å². The van der Waals surface area contributed by atoms with Gasteiger partial charge in [0, 0.05) is 13.1 Å². The lowest BCUT2D eigenvalue weighted by molar-refractivity contribution is -0.352. The molecule has 0 spiro atoms. The number of hydrogen-bond donors (Lipinski definition) is 1. The summed E-state index contributed by atoms with van der Waals surface area (Å²) in [6.45, 7) is 0.0387. The summed E-state index contributed by atoms with van der Waals surface area (Å²) < 4.78 is 103. The standard InChI is InChI=1S/C9H10F5NO7S/c1-3-5(16)22-8(6(17)15-2,9(12,13)14)21-4-7(10,11)23(18,19)20/h3H,1,4H2,2H3,(H,15,17)(H,18,19,20)/p-1. The third-order valence-corrected chi connectivity index (χ3v) is 2.97. The molecule has 0 fully saturated rings. The second-order valence-corrected chi connectivity index (χ2v) is 5.20. The summed E-state index contributed by atoms with van der Waals surface area (Å²) in [5.41, 5.74) is 0. The SMILES string of the molecule is C=CC(=O)OC(OCC(F)(F)S(=O)(=O)[O-])(C(=O)NC)C(F)(F)F. The van der Waals surface area contributed by atoms with Crippen LogP contribution in [0.25, 0.3) is 0 Å². The molecule has 0 aromatic rings. The summed E-state index contributed by atoms with van der Waals surface area (Å²) in [6.07, 6.45) is -5.73. The molecule has 0 aliphatic rings. The van der Waals surface area contributed by atoms with Gasteiger partial charge in [-0.2, -0.15) is 22.0 Å². The Morgan fingerprint density at radius 1 is 1.26 bits per heavy atom. The average Bonchev–Trinajstić information content (AvgIpc) is 2.39. The first-order valence-corrected chi connectivity index (χ1v) is 6.67. The molecule has 1 unspecified atom stereocenters. The normalized spacial score (nSPS) is 15.4. The zero-order valence-corrected chi connectivity index (χ0v) is 12.0. The maximum atomic E-state index is 13.0. The first-order chi connectivity index (χ1) is 10.1. The topological polar surface area (TPSA) is 122 Å². The van der Waals surface area contributed by atoms with Crippen molar-refractivity contribution in [2.45, 2.75) is 17.2 Å². The molecular weight excluding hydrogens is 361 g/mol. The van der Waals surface area contributed by atoms with Gasteiger partial charge >= 0.3 is 29.1 Å². The number of alkyl halides is 5. The molecule has 0 radical (unpaired) electrons. The monoisotopic (exact) mass is 370 g/mol. The Kier molecular flexibility index (Phi) is 6.23. The van der Waals surface area contributed by atoms with E-state index >= 15 is 0 Å². The van der Waals surface area contributed by atoms with E-state index < -0.39 is 45.8 Å². The number of carbonyl (C=O) groups is 2. The number of esters is 1. The molecule has 23 heavy (non-hydrogen) atoms. The lowest BCUT2D eigenvalue weighted by atomic mass is 10.2. The molecule has 0 bridgehead atoms. The lowest BCUT2D eigenvalue weighted by Gasteiger charge is -2.33. The van der Waals surface area contributed by atoms with Crippen LogP contribution >= 0.6 is 0 Å². The van der Waals surface area contributed by atoms with Gasteiger partial charge in [-0.3, -0.25) is 4.79 Å². The number of likely N-dealkylation sites (N-methyl/N-ethyl adjacent to an activating group) is 1. The van der Waals surface area contributed by atoms with Crippen LogP contribution in [0, 0.1) is 0 Å². The van der Waals surface area contributed by atoms with Gasteiger partial charge in [0.1, 0.15) is 6.61 Å². The lowest BCUT2D eigenvalue weighted by Crippen LogP contribution is -2.62. The third-order valence-electron chi connectivity index (χ3n) is 2.12. The van der Waals surface area contributed by atoms with Gasteiger partial charge in [0.25, 0.3) is 0 Å². The van der Waals surface area contributed by atoms with E-state index in [1.807, 2.05) is 0 Å². The van der Waals surface area contributed by atoms with Crippen LogP contribution in [-0.4, -0.2) is 55.7 Å². The molecule has 0 aromatic heterocycles. The fraction of sp³-hybridized carbons (Fsp3) is 0.556. The van der Waals surface area contributed by atoms with Gasteiger partial charge < -0.3 is 19.3 Å². The molecule has 1 atom stereocenters. The molecule has 0 aliphatic heterocycles. The molecular formula is C9H9F5NO7S-. The van der Waals surface area contributed by atoms with Crippen LogP contribution in [-0.2, 0) is 29.2 Å². The highest BCUT2D eigenvalue weighted by Crippen LogP contribution is 2.37. The number of nitrogens with one attached hydrogen (secondary N) is 1. The molecule has 0 saturated carbocycles. The van der Waals surface area contributed by atoms with Gasteiger partial charge in [-0.05, 0) is 0 Å². The summed E-state index contributed by atoms with van der Waals surface area (Å²) in [5, 5.41) is -3.97. The number of rotatable bonds is 7. The number of ether oxygens (including phenoxy) is 2. The highest BCUT2D eigenvalue weighted by Gasteiger charge is 2.67. The summed E-state index contributed by atoms with van der Waals surface area (Å²) in [5.74, 6) is -8.75. The Bertz CT molecular complexity index is 588. The highest BCUT2D eigenvalue weighted by molar-refractivity contribution is 7.86. The summed E-state index contributed by atoms with van der Waals surface area (Å²) in [6, 6.07) is 0. The Hall–Kier alpha value is -1.80. The van der Waals surface area contributed by atoms with Crippen LogP contribution in [0.15, 0.2) is 12.7 Å². The van der Waals surface area contributed by atoms with Crippen molar-refractivity contribution in [3.63, 3.8) is 0 Å². The van der Waals surface area contributed by atoms with Gasteiger partial charge in [-0.15, -0.1) is 0 Å². The minimum absolute atomic E-state index is 0.162. The predicted octanol–water partition coefficient (Wildman–Crippen LogP) is -0.125. The largest absolute Gasteiger partial charge is 0.743 e. The van der Waals surface area contributed by atoms with Gasteiger partial charge in [0.15, 0.2) is 10.1 Å². The van der Waals surface area contributed by atoms with E-state index in [9.17, 15) is 44.5 Å². The minimum Gasteiger partial charge on any atom is -0.743 e. The van der Waals surface area contributed by atoms with Crippen LogP contribution in [0.1, 0.15) is 0 Å². The number of hydrogen-bond acceptors (Lipinski definition) is 7. The second kappa shape index (κ2) is 6.76. The van der Waals surface area contributed by atoms with Gasteiger partial charge in [0.2, 0.25) is 0 Å².